The quantitative estimate of drug-likeness (QED) is 0.0211. The van der Waals surface area contributed by atoms with Crippen LogP contribution in [0.4, 0.5) is 64.1 Å². The van der Waals surface area contributed by atoms with Gasteiger partial charge < -0.3 is 126 Å². The van der Waals surface area contributed by atoms with Gasteiger partial charge in [0.1, 0.15) is 0 Å². The molecule has 0 unspecified atom stereocenters. The van der Waals surface area contributed by atoms with Crippen molar-refractivity contribution in [3.63, 3.8) is 0 Å². The maximum absolute atomic E-state index is 12.5. The molecule has 1 amide bonds. The summed E-state index contributed by atoms with van der Waals surface area (Å²) in [4.78, 5) is 75.4. The third-order valence-electron chi connectivity index (χ3n) is 14.5. The van der Waals surface area contributed by atoms with Crippen molar-refractivity contribution in [1.29, 1.82) is 0 Å². The van der Waals surface area contributed by atoms with Crippen LogP contribution in [0, 0.1) is 7.30 Å². The van der Waals surface area contributed by atoms with Crippen molar-refractivity contribution in [3.8, 4) is 0 Å². The van der Waals surface area contributed by atoms with E-state index in [-0.39, 0.29) is 113 Å². The van der Waals surface area contributed by atoms with Gasteiger partial charge in [0.2, 0.25) is 51.5 Å². The molecule has 10 aromatic rings. The molecule has 35 heteroatoms. The summed E-state index contributed by atoms with van der Waals surface area (Å²) in [6, 6.07) is 53.3. The van der Waals surface area contributed by atoms with Gasteiger partial charge in [0.15, 0.2) is 0 Å². The fraction of sp³-hybridized carbons (Fsp3) is 0.162. The summed E-state index contributed by atoms with van der Waals surface area (Å²) in [7, 11) is 2.69. The number of hydrogen-bond donors (Lipinski definition) is 9. The van der Waals surface area contributed by atoms with Crippen LogP contribution in [-0.4, -0.2) is 95.0 Å². The summed E-state index contributed by atoms with van der Waals surface area (Å²) in [6.07, 6.45) is 5.55. The van der Waals surface area contributed by atoms with Crippen LogP contribution in [0.2, 0.25) is 15.9 Å². The van der Waals surface area contributed by atoms with E-state index in [4.69, 9.17) is 56.7 Å². The van der Waals surface area contributed by atoms with Crippen LogP contribution in [0.15, 0.2) is 170 Å². The number of carbonyl (C=O) groups is 3. The number of para-hydroxylation sites is 2. The van der Waals surface area contributed by atoms with Gasteiger partial charge in [0, 0.05) is 96.4 Å². The van der Waals surface area contributed by atoms with Crippen molar-refractivity contribution < 1.29 is 79.5 Å². The zero-order chi connectivity index (χ0) is 72.1. The second-order valence-electron chi connectivity index (χ2n) is 21.2. The Balaban J connectivity index is 0.000000292. The summed E-state index contributed by atoms with van der Waals surface area (Å²) < 4.78 is 12.5. The first kappa shape index (κ1) is 90.8. The first-order valence-electron chi connectivity index (χ1n) is 29.8. The third-order valence-corrected chi connectivity index (χ3v) is 15.0. The van der Waals surface area contributed by atoms with E-state index in [0.717, 1.165) is 38.5 Å². The largest absolute Gasteiger partial charge is 0.465 e. The minimum atomic E-state index is -0.390. The Hall–Kier alpha value is -4.62. The van der Waals surface area contributed by atoms with E-state index in [1.165, 1.54) is 47.5 Å². The number of methoxy groups -OCH3 is 2. The smallest absolute Gasteiger partial charge is 0.337 e. The van der Waals surface area contributed by atoms with Gasteiger partial charge in [-0.15, -0.1) is -0.0619 Å². The molecule has 0 saturated heterocycles. The predicted octanol–water partition coefficient (Wildman–Crippen LogP) is 17.0. The molecule has 7 aromatic carbocycles. The van der Waals surface area contributed by atoms with E-state index in [0.29, 0.717) is 74.9 Å². The number of nitrogens with zero attached hydrogens (tertiary/aromatic N) is 9. The van der Waals surface area contributed by atoms with E-state index in [9.17, 15) is 14.4 Å². The van der Waals surface area contributed by atoms with E-state index in [1.54, 1.807) is 84.9 Å². The maximum atomic E-state index is 12.5. The van der Waals surface area contributed by atoms with Gasteiger partial charge in [-0.3, -0.25) is 77.5 Å². The Bertz CT molecular complexity index is 4220. The number of hydrogen-bond acceptors (Lipinski definition) is 22. The van der Waals surface area contributed by atoms with Crippen molar-refractivity contribution >= 4 is 252 Å². The number of anilines is 11. The summed E-state index contributed by atoms with van der Waals surface area (Å²) in [5.41, 5.74) is 29.9. The van der Waals surface area contributed by atoms with Crippen LogP contribution in [0.5, 0.6) is 0 Å². The molecule has 0 spiro atoms. The number of esters is 2. The van der Waals surface area contributed by atoms with Crippen LogP contribution in [-0.2, 0) is 104 Å². The molecule has 0 aliphatic heterocycles. The molecule has 0 saturated carbocycles. The molecular weight excluding hydrogens is 2170 g/mol. The van der Waals surface area contributed by atoms with Gasteiger partial charge >= 0.3 is 11.9 Å². The molecular formula is C68H64Cl3I6N18O5V3-3. The Morgan fingerprint density at radius 1 is 0.447 bits per heavy atom. The average molecular weight is 2230 g/mol. The maximum Gasteiger partial charge on any atom is 0.337 e. The summed E-state index contributed by atoms with van der Waals surface area (Å²) in [6.45, 7) is 0. The van der Waals surface area contributed by atoms with Gasteiger partial charge in [0.05, 0.1) is 36.7 Å². The number of aromatic nitrogens is 9. The third kappa shape index (κ3) is 30.9. The number of benzene rings is 7. The summed E-state index contributed by atoms with van der Waals surface area (Å²) >= 11 is 30.4. The molecule has 103 heavy (non-hydrogen) atoms. The number of nitrogens with one attached hydrogen (secondary N) is 6. The molecule has 3 radical (unpaired) electrons. The van der Waals surface area contributed by atoms with Crippen LogP contribution in [0.3, 0.4) is 0 Å². The zero-order valence-corrected chi connectivity index (χ0v) is 73.9. The Kier molecular flexibility index (Phi) is 42.2. The minimum absolute atomic E-state index is 0. The average Bonchev–Trinajstić information content (AvgIpc) is 1.76. The van der Waals surface area contributed by atoms with E-state index in [1.807, 2.05) is 37.2 Å². The number of halogens is 9. The number of ether oxygens (including phenoxy) is 2. The monoisotopic (exact) mass is 2230 g/mol. The fourth-order valence-electron chi connectivity index (χ4n) is 10.2. The van der Waals surface area contributed by atoms with Crippen LogP contribution in [0.25, 0.3) is 0 Å². The minimum Gasteiger partial charge on any atom is -0.465 e. The Morgan fingerprint density at radius 3 is 1.11 bits per heavy atom. The molecule has 3 heterocycles. The Labute approximate surface area is 730 Å². The molecule has 0 atom stereocenters. The van der Waals surface area contributed by atoms with Crippen molar-refractivity contribution in [2.75, 3.05) is 63.3 Å². The number of carbonyl (C=O) groups excluding carboxylic acids is 3. The number of amides is 1. The molecule has 3 aromatic heterocycles. The number of nitrogen functional groups attached to an aromatic ring is 3. The SMILES string of the molecule is COC(=O)c1ccc(N)cc1.COC(=O)c1ccc(Nc2nc(Cl)nc(NC3Cc4ccccc4C3)n2)cc1.Clc1nc(Cl)nc(NC2Cc3ccccc3C2)n1.I[C-](I)I.I[CH-]I.Nc1nc(Nc2ccc(C(=O)Nc3ccccc3N)cc2)nc(NC2Cc3ccccc3C2)n1.[CH2-]I.[V].[V].[V]. The molecule has 0 bridgehead atoms. The van der Waals surface area contributed by atoms with Crippen LogP contribution in [0.1, 0.15) is 64.5 Å². The van der Waals surface area contributed by atoms with Gasteiger partial charge in [-0.2, -0.15) is 44.9 Å². The Morgan fingerprint density at radius 2 is 0.738 bits per heavy atom. The normalized spacial score (nSPS) is 11.9. The molecule has 13 rings (SSSR count). The second kappa shape index (κ2) is 47.9. The van der Waals surface area contributed by atoms with Crippen LogP contribution >= 0.6 is 170 Å². The van der Waals surface area contributed by atoms with Crippen molar-refractivity contribution in [1.82, 2.24) is 44.9 Å². The van der Waals surface area contributed by atoms with Gasteiger partial charge in [-0.25, -0.2) is 12.0 Å². The van der Waals surface area contributed by atoms with Crippen molar-refractivity contribution in [3.05, 3.63) is 243 Å². The number of rotatable bonds is 14. The molecule has 3 aliphatic rings. The van der Waals surface area contributed by atoms with E-state index < -0.39 is 0 Å². The number of nitrogens with two attached hydrogens (primary N) is 3. The first-order chi connectivity index (χ1) is 48.2. The molecule has 537 valence electrons. The van der Waals surface area contributed by atoms with Gasteiger partial charge in [-0.05, 0) is 192 Å². The molecule has 12 N–H and O–H groups in total. The summed E-state index contributed by atoms with van der Waals surface area (Å²) in [5.74, 6) is 1.05. The topological polar surface area (TPSA) is 336 Å². The zero-order valence-electron chi connectivity index (χ0n) is 54.5. The van der Waals surface area contributed by atoms with Crippen molar-refractivity contribution in [2.45, 2.75) is 56.7 Å². The van der Waals surface area contributed by atoms with Gasteiger partial charge in [-0.1, -0.05) is 84.9 Å². The van der Waals surface area contributed by atoms with Gasteiger partial charge in [0.25, 0.3) is 5.91 Å². The molecule has 23 nitrogen and oxygen atoms in total. The van der Waals surface area contributed by atoms with Crippen molar-refractivity contribution in [2.24, 2.45) is 0 Å². The van der Waals surface area contributed by atoms with Crippen LogP contribution < -0.4 is 49.1 Å². The molecule has 0 fully saturated rings. The predicted molar refractivity (Wildman–Crippen MR) is 452 cm³/mol. The standard InChI is InChI=1S/C25H24N8O.C20H18ClN5O2.C12H10Cl2N4.C8H9NO2.CI3.CHI2.CH2I.3V/c26-20-7-3-4-8-21(20)30-22(34)15-9-11-18(12-10-15)28-24-31-23(27)32-25(33-24)29-19-13-16-5-1-2-6-17(16)14-19;1-28-17(27)12-6-8-15(9-7-12)22-19-24-18(21)25-20(26-19)23-16-10-13-4-2-3-5-14(13)11-16;13-10-16-11(14)18-12(17-10)15-9-5-7-3-1-2-4-8(7)6-9;1-11-8(10)6-2-4-7(9)5-3-6;2-1(3)4;2-1-3;1-2;;;/h1-12,19H,13-14,26H2,(H,30,34)(H4,27,28,29,31,32,33);2-9,16H,10-11H2,1H3,(H2,22,23,24,25,26);1-4,9H,5-6H2,(H,15,16,17,18);2-5H,9H2,1H3;;1H;1H2;;;/q;;;;3*-1;;;. The molecule has 3 aliphatic carbocycles. The second-order valence-corrected chi connectivity index (χ2v) is 35.3. The van der Waals surface area contributed by atoms with E-state index in [2.05, 4.69) is 272 Å². The summed E-state index contributed by atoms with van der Waals surface area (Å²) in [5, 5.41) is 19.2. The number of fused-ring (bicyclic) bond motifs is 3. The first-order valence-corrected chi connectivity index (χ1v) is 38.2. The fourth-order valence-corrected chi connectivity index (χ4v) is 10.7. The van der Waals surface area contributed by atoms with E-state index >= 15 is 0 Å².